The fourth-order valence-electron chi connectivity index (χ4n) is 3.60. The maximum atomic E-state index is 13.3. The third-order valence-electron chi connectivity index (χ3n) is 5.31. The number of carbonyl (C=O) groups excluding carboxylic acids is 5. The number of esters is 1. The van der Waals surface area contributed by atoms with Crippen LogP contribution < -0.4 is 4.90 Å². The van der Waals surface area contributed by atoms with Crippen LogP contribution in [0, 0.1) is 0 Å². The number of benzene rings is 1. The summed E-state index contributed by atoms with van der Waals surface area (Å²) >= 11 is 1.09. The van der Waals surface area contributed by atoms with E-state index in [9.17, 15) is 24.0 Å². The quantitative estimate of drug-likeness (QED) is 0.540. The summed E-state index contributed by atoms with van der Waals surface area (Å²) in [6.45, 7) is 6.62. The van der Waals surface area contributed by atoms with E-state index in [2.05, 4.69) is 4.74 Å². The molecular weight excluding hydrogens is 474 g/mol. The van der Waals surface area contributed by atoms with Gasteiger partial charge in [-0.2, -0.15) is 0 Å². The number of hydrogen-bond donors (Lipinski definition) is 0. The van der Waals surface area contributed by atoms with Crippen LogP contribution in [0.4, 0.5) is 10.5 Å². The maximum absolute atomic E-state index is 13.3. The fraction of sp³-hybridized carbons (Fsp3) is 0.542. The van der Waals surface area contributed by atoms with Crippen molar-refractivity contribution in [2.45, 2.75) is 51.0 Å². The summed E-state index contributed by atoms with van der Waals surface area (Å²) in [6.07, 6.45) is -0.351. The highest BCUT2D eigenvalue weighted by Gasteiger charge is 2.43. The van der Waals surface area contributed by atoms with E-state index in [0.717, 1.165) is 11.8 Å². The Hall–Kier alpha value is -3.08. The fourth-order valence-corrected chi connectivity index (χ4v) is 4.58. The van der Waals surface area contributed by atoms with Gasteiger partial charge < -0.3 is 19.3 Å². The summed E-state index contributed by atoms with van der Waals surface area (Å²) in [5, 5.41) is -0.343. The van der Waals surface area contributed by atoms with Crippen molar-refractivity contribution in [3.8, 4) is 0 Å². The molecule has 0 saturated carbocycles. The molecule has 35 heavy (non-hydrogen) atoms. The van der Waals surface area contributed by atoms with Gasteiger partial charge in [0.25, 0.3) is 0 Å². The van der Waals surface area contributed by atoms with Crippen LogP contribution in [0.2, 0.25) is 0 Å². The number of nitrogens with zero attached hydrogens (tertiary/aromatic N) is 3. The SMILES string of the molecule is COC(=O)c1ccc(N(C)C(=O)CN(C)C(=O)C2CC(SC(C)=O)CN2C(=O)OC(C)(C)C)cc1. The second-order valence-corrected chi connectivity index (χ2v) is 10.8. The Morgan fingerprint density at radius 3 is 2.20 bits per heavy atom. The zero-order valence-electron chi connectivity index (χ0n) is 21.2. The van der Waals surface area contributed by atoms with E-state index in [4.69, 9.17) is 4.74 Å². The first-order valence-corrected chi connectivity index (χ1v) is 12.0. The largest absolute Gasteiger partial charge is 0.465 e. The molecule has 2 unspecified atom stereocenters. The van der Waals surface area contributed by atoms with Gasteiger partial charge in [0.1, 0.15) is 11.6 Å². The average Bonchev–Trinajstić information content (AvgIpc) is 3.19. The van der Waals surface area contributed by atoms with Crippen molar-refractivity contribution in [1.82, 2.24) is 9.80 Å². The maximum Gasteiger partial charge on any atom is 0.411 e. The van der Waals surface area contributed by atoms with Crippen LogP contribution >= 0.6 is 11.8 Å². The van der Waals surface area contributed by atoms with Crippen molar-refractivity contribution < 1.29 is 33.4 Å². The lowest BCUT2D eigenvalue weighted by molar-refractivity contribution is -0.137. The molecule has 1 aromatic carbocycles. The molecule has 1 aliphatic heterocycles. The third kappa shape index (κ3) is 7.71. The molecule has 2 rings (SSSR count). The predicted octanol–water partition coefficient (Wildman–Crippen LogP) is 2.55. The number of likely N-dealkylation sites (tertiary alicyclic amines) is 1. The summed E-state index contributed by atoms with van der Waals surface area (Å²) in [7, 11) is 4.34. The minimum Gasteiger partial charge on any atom is -0.465 e. The van der Waals surface area contributed by atoms with Crippen molar-refractivity contribution in [3.05, 3.63) is 29.8 Å². The van der Waals surface area contributed by atoms with Gasteiger partial charge >= 0.3 is 12.1 Å². The lowest BCUT2D eigenvalue weighted by atomic mass is 10.2. The number of methoxy groups -OCH3 is 1. The van der Waals surface area contributed by atoms with Gasteiger partial charge in [-0.25, -0.2) is 9.59 Å². The third-order valence-corrected chi connectivity index (χ3v) is 6.31. The molecule has 11 heteroatoms. The van der Waals surface area contributed by atoms with Gasteiger partial charge in [-0.15, -0.1) is 0 Å². The molecule has 1 fully saturated rings. The van der Waals surface area contributed by atoms with Gasteiger partial charge in [0.05, 0.1) is 19.2 Å². The summed E-state index contributed by atoms with van der Waals surface area (Å²) in [5.41, 5.74) is 0.147. The molecule has 1 aromatic rings. The van der Waals surface area contributed by atoms with Crippen molar-refractivity contribution in [3.63, 3.8) is 0 Å². The van der Waals surface area contributed by atoms with E-state index in [1.165, 1.54) is 35.8 Å². The zero-order chi connectivity index (χ0) is 26.5. The highest BCUT2D eigenvalue weighted by molar-refractivity contribution is 8.14. The number of anilines is 1. The minimum atomic E-state index is -0.843. The number of carbonyl (C=O) groups is 5. The van der Waals surface area contributed by atoms with Crippen LogP contribution in [0.3, 0.4) is 0 Å². The van der Waals surface area contributed by atoms with Crippen molar-refractivity contribution in [2.75, 3.05) is 39.2 Å². The number of ether oxygens (including phenoxy) is 2. The zero-order valence-corrected chi connectivity index (χ0v) is 22.0. The van der Waals surface area contributed by atoms with E-state index in [0.29, 0.717) is 11.3 Å². The molecule has 2 atom stereocenters. The number of hydrogen-bond acceptors (Lipinski definition) is 8. The highest BCUT2D eigenvalue weighted by atomic mass is 32.2. The summed E-state index contributed by atoms with van der Waals surface area (Å²) < 4.78 is 10.1. The molecule has 3 amide bonds. The van der Waals surface area contributed by atoms with Gasteiger partial charge in [-0.05, 0) is 51.5 Å². The molecule has 10 nitrogen and oxygen atoms in total. The molecule has 0 spiro atoms. The Bertz CT molecular complexity index is 974. The molecular formula is C24H33N3O7S. The van der Waals surface area contributed by atoms with Crippen molar-refractivity contribution in [1.29, 1.82) is 0 Å². The van der Waals surface area contributed by atoms with Crippen LogP contribution in [-0.2, 0) is 23.9 Å². The highest BCUT2D eigenvalue weighted by Crippen LogP contribution is 2.30. The summed E-state index contributed by atoms with van der Waals surface area (Å²) in [5.74, 6) is -1.25. The number of rotatable bonds is 6. The summed E-state index contributed by atoms with van der Waals surface area (Å²) in [4.78, 5) is 66.1. The van der Waals surface area contributed by atoms with Gasteiger partial charge in [0.2, 0.25) is 11.8 Å². The molecule has 0 aromatic heterocycles. The normalized spacial score (nSPS) is 17.5. The van der Waals surface area contributed by atoms with Gasteiger partial charge in [-0.1, -0.05) is 11.8 Å². The minimum absolute atomic E-state index is 0.101. The Kier molecular flexibility index (Phi) is 9.31. The molecule has 0 bridgehead atoms. The molecule has 1 heterocycles. The Balaban J connectivity index is 2.11. The molecule has 0 aliphatic carbocycles. The second-order valence-electron chi connectivity index (χ2n) is 9.30. The molecule has 1 saturated heterocycles. The Labute approximate surface area is 209 Å². The first-order valence-electron chi connectivity index (χ1n) is 11.1. The molecule has 192 valence electrons. The Morgan fingerprint density at radius 1 is 1.09 bits per heavy atom. The van der Waals surface area contributed by atoms with Crippen LogP contribution in [-0.4, -0.2) is 90.0 Å². The standard InChI is InChI=1S/C24H33N3O7S/c1-15(28)35-18-12-19(27(13-18)23(32)34-24(2,3)4)21(30)25(5)14-20(29)26(6)17-10-8-16(9-11-17)22(31)33-7/h8-11,18-19H,12-14H2,1-7H3. The Morgan fingerprint density at radius 2 is 1.69 bits per heavy atom. The van der Waals surface area contributed by atoms with Crippen LogP contribution in [0.15, 0.2) is 24.3 Å². The van der Waals surface area contributed by atoms with E-state index in [1.54, 1.807) is 52.1 Å². The molecule has 1 aliphatic rings. The summed E-state index contributed by atoms with van der Waals surface area (Å²) in [6, 6.07) is 5.46. The monoisotopic (exact) mass is 507 g/mol. The number of thioether (sulfide) groups is 1. The lowest BCUT2D eigenvalue weighted by Gasteiger charge is -2.30. The van der Waals surface area contributed by atoms with Crippen molar-refractivity contribution in [2.24, 2.45) is 0 Å². The second kappa shape index (κ2) is 11.6. The lowest BCUT2D eigenvalue weighted by Crippen LogP contribution is -2.50. The van der Waals surface area contributed by atoms with Crippen LogP contribution in [0.1, 0.15) is 44.5 Å². The number of amides is 3. The van der Waals surface area contributed by atoms with Gasteiger partial charge in [0, 0.05) is 38.5 Å². The van der Waals surface area contributed by atoms with Crippen molar-refractivity contribution >= 4 is 46.4 Å². The van der Waals surface area contributed by atoms with Gasteiger partial charge in [-0.3, -0.25) is 19.3 Å². The average molecular weight is 508 g/mol. The topological polar surface area (TPSA) is 114 Å². The van der Waals surface area contributed by atoms with E-state index >= 15 is 0 Å². The molecule has 0 N–H and O–H groups in total. The van der Waals surface area contributed by atoms with E-state index < -0.39 is 29.6 Å². The first-order chi connectivity index (χ1) is 16.2. The molecule has 0 radical (unpaired) electrons. The van der Waals surface area contributed by atoms with Crippen LogP contribution in [0.25, 0.3) is 0 Å². The number of likely N-dealkylation sites (N-methyl/N-ethyl adjacent to an activating group) is 2. The van der Waals surface area contributed by atoms with E-state index in [-0.39, 0.29) is 35.8 Å². The predicted molar refractivity (Wildman–Crippen MR) is 132 cm³/mol. The van der Waals surface area contributed by atoms with Crippen LogP contribution in [0.5, 0.6) is 0 Å². The van der Waals surface area contributed by atoms with E-state index in [1.807, 2.05) is 0 Å². The van der Waals surface area contributed by atoms with Gasteiger partial charge in [0.15, 0.2) is 5.12 Å². The smallest absolute Gasteiger partial charge is 0.411 e. The first kappa shape index (κ1) is 28.2.